The molecule has 0 aromatic heterocycles. The summed E-state index contributed by atoms with van der Waals surface area (Å²) < 4.78 is 0. The second-order valence-corrected chi connectivity index (χ2v) is 7.41. The summed E-state index contributed by atoms with van der Waals surface area (Å²) in [6, 6.07) is 0. The Hall–Kier alpha value is 0.290. The highest BCUT2D eigenvalue weighted by molar-refractivity contribution is 6.20. The summed E-state index contributed by atoms with van der Waals surface area (Å²) in [6.07, 6.45) is 11.6. The lowest BCUT2D eigenvalue weighted by atomic mass is 9.74. The Morgan fingerprint density at radius 1 is 1.20 bits per heavy atom. The average molecular weight is 227 g/mol. The first-order valence-electron chi connectivity index (χ1n) is 6.79. The van der Waals surface area contributed by atoms with Crippen molar-refractivity contribution in [3.8, 4) is 0 Å². The molecule has 0 spiro atoms. The first-order chi connectivity index (χ1) is 7.15. The Bertz CT molecular complexity index is 250. The van der Waals surface area contributed by atoms with Crippen LogP contribution in [0.1, 0.15) is 58.3 Å². The van der Waals surface area contributed by atoms with Gasteiger partial charge in [0.05, 0.1) is 0 Å². The highest BCUT2D eigenvalue weighted by Gasteiger charge is 2.44. The smallest absolute Gasteiger partial charge is 0.0341 e. The van der Waals surface area contributed by atoms with Crippen LogP contribution in [0, 0.1) is 23.2 Å². The summed E-state index contributed by atoms with van der Waals surface area (Å²) in [4.78, 5) is 0. The van der Waals surface area contributed by atoms with Crippen LogP contribution in [0.25, 0.3) is 0 Å². The first kappa shape index (κ1) is 10.4. The monoisotopic (exact) mass is 226 g/mol. The Labute approximate surface area is 98.8 Å². The normalized spacial score (nSPS) is 54.0. The van der Waals surface area contributed by atoms with Gasteiger partial charge in [-0.2, -0.15) is 0 Å². The molecule has 2 bridgehead atoms. The van der Waals surface area contributed by atoms with Crippen LogP contribution in [-0.2, 0) is 0 Å². The molecule has 3 aliphatic rings. The van der Waals surface area contributed by atoms with Crippen molar-refractivity contribution in [3.63, 3.8) is 0 Å². The van der Waals surface area contributed by atoms with E-state index < -0.39 is 0 Å². The molecule has 0 saturated heterocycles. The summed E-state index contributed by atoms with van der Waals surface area (Å²) in [5, 5.41) is 0.480. The topological polar surface area (TPSA) is 0 Å². The van der Waals surface area contributed by atoms with Crippen molar-refractivity contribution >= 4 is 11.6 Å². The van der Waals surface area contributed by atoms with Gasteiger partial charge in [0.2, 0.25) is 0 Å². The zero-order valence-corrected chi connectivity index (χ0v) is 10.6. The third-order valence-electron chi connectivity index (χ3n) is 5.41. The largest absolute Gasteiger partial charge is 0.123 e. The van der Waals surface area contributed by atoms with Crippen LogP contribution in [0.4, 0.5) is 0 Å². The van der Waals surface area contributed by atoms with Gasteiger partial charge in [-0.3, -0.25) is 0 Å². The number of rotatable bonds is 2. The fourth-order valence-corrected chi connectivity index (χ4v) is 5.17. The standard InChI is InChI=1S/C14H23Cl/c1-14(5-4-13(15)9-14)8-12-7-10-2-3-11(12)6-10/h10-13H,2-9H2,1H3. The number of fused-ring (bicyclic) bond motifs is 2. The Morgan fingerprint density at radius 3 is 2.60 bits per heavy atom. The molecule has 0 radical (unpaired) electrons. The Kier molecular flexibility index (Phi) is 2.54. The van der Waals surface area contributed by atoms with E-state index >= 15 is 0 Å². The molecule has 15 heavy (non-hydrogen) atoms. The van der Waals surface area contributed by atoms with Crippen LogP contribution < -0.4 is 0 Å². The first-order valence-corrected chi connectivity index (χ1v) is 7.22. The second-order valence-electron chi connectivity index (χ2n) is 6.79. The molecular formula is C14H23Cl. The lowest BCUT2D eigenvalue weighted by Crippen LogP contribution is -2.21. The van der Waals surface area contributed by atoms with Gasteiger partial charge in [-0.05, 0) is 68.1 Å². The molecule has 0 N–H and O–H groups in total. The molecule has 1 heteroatoms. The van der Waals surface area contributed by atoms with Crippen LogP contribution in [0.2, 0.25) is 0 Å². The zero-order valence-electron chi connectivity index (χ0n) is 9.84. The van der Waals surface area contributed by atoms with Crippen LogP contribution in [-0.4, -0.2) is 5.38 Å². The van der Waals surface area contributed by atoms with Crippen molar-refractivity contribution in [2.24, 2.45) is 23.2 Å². The second kappa shape index (κ2) is 3.65. The molecule has 5 unspecified atom stereocenters. The average Bonchev–Trinajstić information content (AvgIpc) is 2.82. The lowest BCUT2D eigenvalue weighted by molar-refractivity contribution is 0.195. The van der Waals surface area contributed by atoms with Gasteiger partial charge in [-0.15, -0.1) is 11.6 Å². The summed E-state index contributed by atoms with van der Waals surface area (Å²) in [7, 11) is 0. The van der Waals surface area contributed by atoms with E-state index in [0.717, 1.165) is 17.8 Å². The molecule has 0 nitrogen and oxygen atoms in total. The van der Waals surface area contributed by atoms with Gasteiger partial charge in [-0.25, -0.2) is 0 Å². The maximum absolute atomic E-state index is 6.26. The van der Waals surface area contributed by atoms with E-state index in [1.807, 2.05) is 0 Å². The predicted octanol–water partition coefficient (Wildman–Crippen LogP) is 4.61. The van der Waals surface area contributed by atoms with Gasteiger partial charge in [0.25, 0.3) is 0 Å². The zero-order chi connectivity index (χ0) is 10.5. The van der Waals surface area contributed by atoms with Crippen molar-refractivity contribution in [2.45, 2.75) is 63.7 Å². The highest BCUT2D eigenvalue weighted by atomic mass is 35.5. The number of alkyl halides is 1. The van der Waals surface area contributed by atoms with E-state index in [1.54, 1.807) is 12.8 Å². The summed E-state index contributed by atoms with van der Waals surface area (Å²) >= 11 is 6.26. The van der Waals surface area contributed by atoms with Crippen LogP contribution >= 0.6 is 11.6 Å². The van der Waals surface area contributed by atoms with Gasteiger partial charge in [-0.1, -0.05) is 13.3 Å². The van der Waals surface area contributed by atoms with E-state index in [1.165, 1.54) is 38.5 Å². The number of halogens is 1. The van der Waals surface area contributed by atoms with E-state index in [9.17, 15) is 0 Å². The van der Waals surface area contributed by atoms with Gasteiger partial charge in [0.15, 0.2) is 0 Å². The molecule has 3 aliphatic carbocycles. The summed E-state index contributed by atoms with van der Waals surface area (Å²) in [5.41, 5.74) is 0.599. The molecule has 0 amide bonds. The minimum absolute atomic E-state index is 0.480. The van der Waals surface area contributed by atoms with Crippen LogP contribution in [0.5, 0.6) is 0 Å². The van der Waals surface area contributed by atoms with Gasteiger partial charge in [0.1, 0.15) is 0 Å². The fourth-order valence-electron chi connectivity index (χ4n) is 4.69. The van der Waals surface area contributed by atoms with Crippen molar-refractivity contribution < 1.29 is 0 Å². The Balaban J connectivity index is 1.61. The number of hydrogen-bond acceptors (Lipinski definition) is 0. The van der Waals surface area contributed by atoms with E-state index in [-0.39, 0.29) is 0 Å². The molecule has 0 heterocycles. The van der Waals surface area contributed by atoms with E-state index in [4.69, 9.17) is 11.6 Å². The number of hydrogen-bond donors (Lipinski definition) is 0. The van der Waals surface area contributed by atoms with E-state index in [2.05, 4.69) is 6.92 Å². The summed E-state index contributed by atoms with van der Waals surface area (Å²) in [5.74, 6) is 3.27. The minimum atomic E-state index is 0.480. The van der Waals surface area contributed by atoms with Crippen LogP contribution in [0.15, 0.2) is 0 Å². The molecule has 0 aromatic rings. The third kappa shape index (κ3) is 1.95. The molecule has 3 saturated carbocycles. The van der Waals surface area contributed by atoms with Crippen LogP contribution in [0.3, 0.4) is 0 Å². The maximum atomic E-state index is 6.26. The molecule has 0 aromatic carbocycles. The lowest BCUT2D eigenvalue weighted by Gasteiger charge is -2.31. The van der Waals surface area contributed by atoms with Gasteiger partial charge >= 0.3 is 0 Å². The Morgan fingerprint density at radius 2 is 2.07 bits per heavy atom. The molecule has 0 aliphatic heterocycles. The minimum Gasteiger partial charge on any atom is -0.123 e. The van der Waals surface area contributed by atoms with Gasteiger partial charge in [0, 0.05) is 5.38 Å². The SMILES string of the molecule is CC1(CC2CC3CCC2C3)CCC(Cl)C1. The molecule has 3 rings (SSSR count). The molecule has 86 valence electrons. The quantitative estimate of drug-likeness (QED) is 0.604. The molecular weight excluding hydrogens is 204 g/mol. The molecule has 3 fully saturated rings. The van der Waals surface area contributed by atoms with Crippen molar-refractivity contribution in [3.05, 3.63) is 0 Å². The third-order valence-corrected chi connectivity index (χ3v) is 5.79. The predicted molar refractivity (Wildman–Crippen MR) is 65.2 cm³/mol. The van der Waals surface area contributed by atoms with Gasteiger partial charge < -0.3 is 0 Å². The van der Waals surface area contributed by atoms with Crippen molar-refractivity contribution in [1.82, 2.24) is 0 Å². The molecule has 5 atom stereocenters. The van der Waals surface area contributed by atoms with Crippen molar-refractivity contribution in [1.29, 1.82) is 0 Å². The maximum Gasteiger partial charge on any atom is 0.0341 e. The highest BCUT2D eigenvalue weighted by Crippen LogP contribution is 2.54. The fraction of sp³-hybridized carbons (Fsp3) is 1.00. The van der Waals surface area contributed by atoms with E-state index in [0.29, 0.717) is 10.8 Å². The summed E-state index contributed by atoms with van der Waals surface area (Å²) in [6.45, 7) is 2.49. The van der Waals surface area contributed by atoms with Crippen molar-refractivity contribution in [2.75, 3.05) is 0 Å².